The molecule has 0 spiro atoms. The summed E-state index contributed by atoms with van der Waals surface area (Å²) in [5.41, 5.74) is 4.85. The van der Waals surface area contributed by atoms with E-state index in [2.05, 4.69) is 20.4 Å². The summed E-state index contributed by atoms with van der Waals surface area (Å²) in [6, 6.07) is 24.8. The first-order valence-electron chi connectivity index (χ1n) is 12.9. The summed E-state index contributed by atoms with van der Waals surface area (Å²) in [4.78, 5) is 37.8. The lowest BCUT2D eigenvalue weighted by Gasteiger charge is -2.15. The van der Waals surface area contributed by atoms with Gasteiger partial charge in [0.1, 0.15) is 11.5 Å². The molecule has 0 aliphatic carbocycles. The normalized spacial score (nSPS) is 11.3. The summed E-state index contributed by atoms with van der Waals surface area (Å²) in [6.45, 7) is 3.94. The lowest BCUT2D eigenvalue weighted by molar-refractivity contribution is -0.384. The minimum atomic E-state index is -0.931. The number of nitro groups is 1. The van der Waals surface area contributed by atoms with Gasteiger partial charge in [0.05, 0.1) is 33.4 Å². The van der Waals surface area contributed by atoms with Gasteiger partial charge in [-0.15, -0.1) is 0 Å². The van der Waals surface area contributed by atoms with Crippen LogP contribution in [-0.4, -0.2) is 25.3 Å². The van der Waals surface area contributed by atoms with Crippen molar-refractivity contribution in [2.45, 2.75) is 19.8 Å². The van der Waals surface area contributed by atoms with Gasteiger partial charge in [0, 0.05) is 17.7 Å². The largest absolute Gasteiger partial charge is 0.460 e. The highest BCUT2D eigenvalue weighted by atomic mass is 16.6. The highest BCUT2D eigenvalue weighted by molar-refractivity contribution is 5.71. The monoisotopic (exact) mass is 547 g/mol. The minimum Gasteiger partial charge on any atom is -0.460 e. The molecule has 0 fully saturated rings. The number of aromatic nitrogens is 4. The van der Waals surface area contributed by atoms with Crippen molar-refractivity contribution in [3.63, 3.8) is 0 Å². The average Bonchev–Trinajstić information content (AvgIpc) is 3.70. The number of aryl methyl sites for hydroxylation is 2. The van der Waals surface area contributed by atoms with Crippen LogP contribution in [0.3, 0.4) is 0 Å². The van der Waals surface area contributed by atoms with Crippen LogP contribution in [0.1, 0.15) is 33.9 Å². The molecule has 0 saturated heterocycles. The molecule has 204 valence electrons. The number of hydrogen-bond acceptors (Lipinski definition) is 5. The molecule has 3 heterocycles. The molecule has 0 bridgehead atoms. The second-order valence-corrected chi connectivity index (χ2v) is 9.91. The number of benzene rings is 3. The minimum absolute atomic E-state index is 0.0792. The van der Waals surface area contributed by atoms with Crippen molar-refractivity contribution >= 4 is 5.69 Å². The van der Waals surface area contributed by atoms with Crippen LogP contribution < -0.4 is 11.1 Å². The van der Waals surface area contributed by atoms with Gasteiger partial charge in [0.2, 0.25) is 0 Å². The predicted molar refractivity (Wildman–Crippen MR) is 155 cm³/mol. The molecule has 0 aliphatic heterocycles. The standard InChI is InChI=1S/C31H25N5O5/c1-17-6-10-19(11-7-17)28-26(30(37)34-32-28)25(27-29(33-35-31(27)38)20-12-8-18(2)9-13-20)24-15-14-23(41-24)21-4-3-5-22(16-21)36(39)40/h3-16,25H,1-2H3,(H2,32,34,37)(H2,33,35,38). The zero-order valence-corrected chi connectivity index (χ0v) is 22.1. The molecule has 3 aromatic heterocycles. The lowest BCUT2D eigenvalue weighted by Crippen LogP contribution is -2.19. The highest BCUT2D eigenvalue weighted by Crippen LogP contribution is 2.39. The van der Waals surface area contributed by atoms with Gasteiger partial charge in [-0.25, -0.2) is 0 Å². The van der Waals surface area contributed by atoms with Crippen molar-refractivity contribution in [2.75, 3.05) is 0 Å². The molecular weight excluding hydrogens is 522 g/mol. The lowest BCUT2D eigenvalue weighted by atomic mass is 9.86. The fraction of sp³-hybridized carbons (Fsp3) is 0.0968. The summed E-state index contributed by atoms with van der Waals surface area (Å²) in [5.74, 6) is -0.245. The number of furan rings is 1. The molecule has 41 heavy (non-hydrogen) atoms. The average molecular weight is 548 g/mol. The Hall–Kier alpha value is -5.64. The molecule has 0 saturated carbocycles. The second-order valence-electron chi connectivity index (χ2n) is 9.91. The zero-order valence-electron chi connectivity index (χ0n) is 22.1. The summed E-state index contributed by atoms with van der Waals surface area (Å²) in [6.07, 6.45) is 0. The number of non-ortho nitro benzene ring substituents is 1. The maximum atomic E-state index is 13.5. The Labute approximate surface area is 232 Å². The first-order valence-corrected chi connectivity index (χ1v) is 12.9. The Morgan fingerprint density at radius 3 is 1.73 bits per heavy atom. The molecule has 6 aromatic rings. The van der Waals surface area contributed by atoms with Crippen LogP contribution in [0, 0.1) is 24.0 Å². The molecular formula is C31H25N5O5. The van der Waals surface area contributed by atoms with Crippen LogP contribution in [0.5, 0.6) is 0 Å². The Balaban J connectivity index is 1.58. The molecule has 0 amide bonds. The molecule has 0 aliphatic rings. The van der Waals surface area contributed by atoms with E-state index in [0.717, 1.165) is 22.3 Å². The zero-order chi connectivity index (χ0) is 28.7. The van der Waals surface area contributed by atoms with Crippen molar-refractivity contribution in [1.82, 2.24) is 20.4 Å². The molecule has 4 N–H and O–H groups in total. The van der Waals surface area contributed by atoms with Gasteiger partial charge in [-0.05, 0) is 37.1 Å². The van der Waals surface area contributed by atoms with Gasteiger partial charge in [0.25, 0.3) is 16.8 Å². The first-order chi connectivity index (χ1) is 19.8. The molecule has 0 atom stereocenters. The summed E-state index contributed by atoms with van der Waals surface area (Å²) >= 11 is 0. The van der Waals surface area contributed by atoms with E-state index in [0.29, 0.717) is 39.6 Å². The number of nitro benzene ring substituents is 1. The summed E-state index contributed by atoms with van der Waals surface area (Å²) in [5, 5.41) is 22.7. The number of hydrogen-bond donors (Lipinski definition) is 4. The SMILES string of the molecule is Cc1ccc(-c2[nH][nH]c(=O)c2C(c2ccc(-c3cccc([N+](=O)[O-])c3)o2)c2c(-c3ccc(C)cc3)[nH][nH]c2=O)cc1. The van der Waals surface area contributed by atoms with Crippen LogP contribution in [0.15, 0.2) is 98.9 Å². The third kappa shape index (κ3) is 4.71. The molecule has 6 rings (SSSR count). The summed E-state index contributed by atoms with van der Waals surface area (Å²) in [7, 11) is 0. The number of rotatable bonds is 7. The number of nitrogens with zero attached hydrogens (tertiary/aromatic N) is 1. The van der Waals surface area contributed by atoms with Gasteiger partial charge in [-0.2, -0.15) is 0 Å². The van der Waals surface area contributed by atoms with Crippen LogP contribution >= 0.6 is 0 Å². The molecule has 10 heteroatoms. The van der Waals surface area contributed by atoms with Gasteiger partial charge in [0.15, 0.2) is 0 Å². The van der Waals surface area contributed by atoms with Crippen LogP contribution in [0.25, 0.3) is 33.8 Å². The quantitative estimate of drug-likeness (QED) is 0.142. The van der Waals surface area contributed by atoms with E-state index in [4.69, 9.17) is 4.42 Å². The van der Waals surface area contributed by atoms with E-state index in [9.17, 15) is 19.7 Å². The third-order valence-electron chi connectivity index (χ3n) is 7.14. The van der Waals surface area contributed by atoms with Crippen molar-refractivity contribution in [1.29, 1.82) is 0 Å². The maximum absolute atomic E-state index is 13.5. The van der Waals surface area contributed by atoms with Gasteiger partial charge >= 0.3 is 0 Å². The van der Waals surface area contributed by atoms with E-state index in [-0.39, 0.29) is 5.69 Å². The van der Waals surface area contributed by atoms with Crippen molar-refractivity contribution in [3.8, 4) is 33.8 Å². The maximum Gasteiger partial charge on any atom is 0.270 e. The predicted octanol–water partition coefficient (Wildman–Crippen LogP) is 6.02. The fourth-order valence-corrected chi connectivity index (χ4v) is 5.05. The van der Waals surface area contributed by atoms with E-state index in [1.54, 1.807) is 24.3 Å². The van der Waals surface area contributed by atoms with Crippen molar-refractivity contribution in [3.05, 3.63) is 144 Å². The Morgan fingerprint density at radius 1 is 0.683 bits per heavy atom. The fourth-order valence-electron chi connectivity index (χ4n) is 5.05. The molecule has 0 radical (unpaired) electrons. The van der Waals surface area contributed by atoms with E-state index in [1.165, 1.54) is 12.1 Å². The van der Waals surface area contributed by atoms with Gasteiger partial charge < -0.3 is 4.42 Å². The molecule has 3 aromatic carbocycles. The number of nitrogens with one attached hydrogen (secondary N) is 4. The molecule has 0 unspecified atom stereocenters. The summed E-state index contributed by atoms with van der Waals surface area (Å²) < 4.78 is 6.29. The molecule has 10 nitrogen and oxygen atoms in total. The Morgan fingerprint density at radius 2 is 1.22 bits per heavy atom. The smallest absolute Gasteiger partial charge is 0.270 e. The van der Waals surface area contributed by atoms with Crippen LogP contribution in [0.4, 0.5) is 5.69 Å². The van der Waals surface area contributed by atoms with Crippen LogP contribution in [-0.2, 0) is 0 Å². The Bertz CT molecular complexity index is 1890. The highest BCUT2D eigenvalue weighted by Gasteiger charge is 2.33. The number of aromatic amines is 4. The van der Waals surface area contributed by atoms with E-state index >= 15 is 0 Å². The second kappa shape index (κ2) is 10.2. The van der Waals surface area contributed by atoms with Crippen molar-refractivity contribution < 1.29 is 9.34 Å². The third-order valence-corrected chi connectivity index (χ3v) is 7.14. The van der Waals surface area contributed by atoms with Gasteiger partial charge in [-0.1, -0.05) is 71.8 Å². The van der Waals surface area contributed by atoms with Crippen molar-refractivity contribution in [2.24, 2.45) is 0 Å². The number of H-pyrrole nitrogens is 4. The first kappa shape index (κ1) is 25.6. The van der Waals surface area contributed by atoms with E-state index in [1.807, 2.05) is 62.4 Å². The van der Waals surface area contributed by atoms with Gasteiger partial charge in [-0.3, -0.25) is 40.1 Å². The Kier molecular flexibility index (Phi) is 6.35. The van der Waals surface area contributed by atoms with E-state index < -0.39 is 22.0 Å². The van der Waals surface area contributed by atoms with Crippen LogP contribution in [0.2, 0.25) is 0 Å². The topological polar surface area (TPSA) is 154 Å².